The number of nitrogens with zero attached hydrogens (tertiary/aromatic N) is 2. The molecule has 1 aliphatic heterocycles. The van der Waals surface area contributed by atoms with Gasteiger partial charge in [-0.05, 0) is 42.9 Å². The van der Waals surface area contributed by atoms with Crippen LogP contribution in [0.1, 0.15) is 22.0 Å². The van der Waals surface area contributed by atoms with Crippen LogP contribution in [0.5, 0.6) is 11.5 Å². The molecular weight excluding hydrogens is 335 g/mol. The number of benzene rings is 2. The van der Waals surface area contributed by atoms with Crippen molar-refractivity contribution in [3.63, 3.8) is 0 Å². The molecule has 1 amide bonds. The predicted octanol–water partition coefficient (Wildman–Crippen LogP) is 2.97. The Hall–Kier alpha value is -2.60. The van der Waals surface area contributed by atoms with Gasteiger partial charge in [-0.3, -0.25) is 9.69 Å². The summed E-state index contributed by atoms with van der Waals surface area (Å²) >= 11 is 0. The van der Waals surface area contributed by atoms with E-state index in [9.17, 15) is 9.18 Å². The number of halogens is 1. The molecule has 0 aromatic heterocycles. The summed E-state index contributed by atoms with van der Waals surface area (Å²) in [5, 5.41) is 0. The number of carbonyl (C=O) groups is 1. The quantitative estimate of drug-likeness (QED) is 0.843. The largest absolute Gasteiger partial charge is 0.493 e. The first-order valence-corrected chi connectivity index (χ1v) is 8.50. The SMILES string of the molecule is COc1ccc(C(=O)N2CCN(C)C(c3ccc(F)cc3)C2)cc1OC. The van der Waals surface area contributed by atoms with Gasteiger partial charge in [0.1, 0.15) is 5.82 Å². The normalized spacial score (nSPS) is 17.8. The summed E-state index contributed by atoms with van der Waals surface area (Å²) < 4.78 is 23.7. The zero-order chi connectivity index (χ0) is 18.7. The lowest BCUT2D eigenvalue weighted by Gasteiger charge is -2.39. The fourth-order valence-corrected chi connectivity index (χ4v) is 3.25. The van der Waals surface area contributed by atoms with E-state index in [2.05, 4.69) is 4.90 Å². The lowest BCUT2D eigenvalue weighted by atomic mass is 10.0. The number of likely N-dealkylation sites (N-methyl/N-ethyl adjacent to an activating group) is 1. The van der Waals surface area contributed by atoms with Gasteiger partial charge in [0.2, 0.25) is 0 Å². The van der Waals surface area contributed by atoms with Crippen LogP contribution >= 0.6 is 0 Å². The molecule has 0 N–H and O–H groups in total. The standard InChI is InChI=1S/C20H23FN2O3/c1-22-10-11-23(13-17(22)14-4-7-16(21)8-5-14)20(24)15-6-9-18(25-2)19(12-15)26-3/h4-9,12,17H,10-11,13H2,1-3H3. The van der Waals surface area contributed by atoms with Crippen molar-refractivity contribution in [2.75, 3.05) is 40.9 Å². The van der Waals surface area contributed by atoms with Crippen LogP contribution in [-0.4, -0.2) is 56.6 Å². The highest BCUT2D eigenvalue weighted by Gasteiger charge is 2.29. The van der Waals surface area contributed by atoms with Crippen LogP contribution in [0.15, 0.2) is 42.5 Å². The maximum Gasteiger partial charge on any atom is 0.254 e. The van der Waals surface area contributed by atoms with Crippen molar-refractivity contribution in [2.45, 2.75) is 6.04 Å². The van der Waals surface area contributed by atoms with E-state index >= 15 is 0 Å². The van der Waals surface area contributed by atoms with Gasteiger partial charge in [0.05, 0.1) is 20.3 Å². The molecule has 1 heterocycles. The van der Waals surface area contributed by atoms with Gasteiger partial charge in [0.15, 0.2) is 11.5 Å². The Labute approximate surface area is 152 Å². The van der Waals surface area contributed by atoms with Gasteiger partial charge < -0.3 is 14.4 Å². The van der Waals surface area contributed by atoms with Gasteiger partial charge in [0.25, 0.3) is 5.91 Å². The molecule has 0 bridgehead atoms. The van der Waals surface area contributed by atoms with Crippen LogP contribution in [-0.2, 0) is 0 Å². The second kappa shape index (κ2) is 7.74. The van der Waals surface area contributed by atoms with E-state index in [4.69, 9.17) is 9.47 Å². The Bertz CT molecular complexity index is 779. The van der Waals surface area contributed by atoms with Crippen LogP contribution < -0.4 is 9.47 Å². The fraction of sp³-hybridized carbons (Fsp3) is 0.350. The van der Waals surface area contributed by atoms with E-state index in [1.54, 1.807) is 44.6 Å². The zero-order valence-electron chi connectivity index (χ0n) is 15.2. The summed E-state index contributed by atoms with van der Waals surface area (Å²) in [7, 11) is 5.13. The second-order valence-electron chi connectivity index (χ2n) is 6.37. The van der Waals surface area contributed by atoms with E-state index in [1.807, 2.05) is 11.9 Å². The molecule has 0 spiro atoms. The van der Waals surface area contributed by atoms with Crippen molar-refractivity contribution >= 4 is 5.91 Å². The van der Waals surface area contributed by atoms with Gasteiger partial charge in [0, 0.05) is 25.2 Å². The second-order valence-corrected chi connectivity index (χ2v) is 6.37. The summed E-state index contributed by atoms with van der Waals surface area (Å²) in [6.45, 7) is 1.94. The molecule has 2 aromatic rings. The van der Waals surface area contributed by atoms with E-state index in [0.717, 1.165) is 12.1 Å². The first-order valence-electron chi connectivity index (χ1n) is 8.50. The first-order chi connectivity index (χ1) is 12.5. The number of hydrogen-bond acceptors (Lipinski definition) is 4. The van der Waals surface area contributed by atoms with Gasteiger partial charge in [-0.2, -0.15) is 0 Å². The molecule has 3 rings (SSSR count). The Balaban J connectivity index is 1.80. The van der Waals surface area contributed by atoms with Crippen LogP contribution in [0.4, 0.5) is 4.39 Å². The van der Waals surface area contributed by atoms with E-state index in [0.29, 0.717) is 30.2 Å². The molecular formula is C20H23FN2O3. The third-order valence-electron chi connectivity index (χ3n) is 4.82. The highest BCUT2D eigenvalue weighted by atomic mass is 19.1. The molecule has 0 aliphatic carbocycles. The Kier molecular flexibility index (Phi) is 5.42. The van der Waals surface area contributed by atoms with Crippen molar-refractivity contribution < 1.29 is 18.7 Å². The highest BCUT2D eigenvalue weighted by molar-refractivity contribution is 5.95. The predicted molar refractivity (Wildman–Crippen MR) is 97.2 cm³/mol. The van der Waals surface area contributed by atoms with Gasteiger partial charge in [-0.15, -0.1) is 0 Å². The van der Waals surface area contributed by atoms with E-state index in [1.165, 1.54) is 12.1 Å². The van der Waals surface area contributed by atoms with Crippen LogP contribution in [0.3, 0.4) is 0 Å². The summed E-state index contributed by atoms with van der Waals surface area (Å²) in [5.41, 5.74) is 1.56. The monoisotopic (exact) mass is 358 g/mol. The fourth-order valence-electron chi connectivity index (χ4n) is 3.25. The summed E-state index contributed by atoms with van der Waals surface area (Å²) in [4.78, 5) is 17.0. The maximum atomic E-state index is 13.2. The van der Waals surface area contributed by atoms with E-state index in [-0.39, 0.29) is 17.8 Å². The summed E-state index contributed by atoms with van der Waals surface area (Å²) in [6, 6.07) is 11.7. The van der Waals surface area contributed by atoms with E-state index < -0.39 is 0 Å². The highest BCUT2D eigenvalue weighted by Crippen LogP contribution is 2.29. The van der Waals surface area contributed by atoms with Crippen LogP contribution in [0, 0.1) is 5.82 Å². The molecule has 1 unspecified atom stereocenters. The number of hydrogen-bond donors (Lipinski definition) is 0. The molecule has 6 heteroatoms. The lowest BCUT2D eigenvalue weighted by molar-refractivity contribution is 0.0545. The minimum atomic E-state index is -0.259. The van der Waals surface area contributed by atoms with Crippen molar-refractivity contribution in [1.29, 1.82) is 0 Å². The molecule has 26 heavy (non-hydrogen) atoms. The Morgan fingerprint density at radius 1 is 1.04 bits per heavy atom. The van der Waals surface area contributed by atoms with Crippen molar-refractivity contribution in [3.05, 3.63) is 59.4 Å². The molecule has 5 nitrogen and oxygen atoms in total. The van der Waals surface area contributed by atoms with Gasteiger partial charge in [-0.25, -0.2) is 4.39 Å². The first kappa shape index (κ1) is 18.2. The average molecular weight is 358 g/mol. The van der Waals surface area contributed by atoms with Crippen LogP contribution in [0.25, 0.3) is 0 Å². The molecule has 0 saturated carbocycles. The smallest absolute Gasteiger partial charge is 0.254 e. The lowest BCUT2D eigenvalue weighted by Crippen LogP contribution is -2.49. The number of amides is 1. The van der Waals surface area contributed by atoms with Crippen molar-refractivity contribution in [3.8, 4) is 11.5 Å². The maximum absolute atomic E-state index is 13.2. The summed E-state index contributed by atoms with van der Waals surface area (Å²) in [6.07, 6.45) is 0. The summed E-state index contributed by atoms with van der Waals surface area (Å²) in [5.74, 6) is 0.811. The molecule has 1 saturated heterocycles. The molecule has 138 valence electrons. The molecule has 1 aliphatic rings. The van der Waals surface area contributed by atoms with Crippen molar-refractivity contribution in [1.82, 2.24) is 9.80 Å². The third-order valence-corrected chi connectivity index (χ3v) is 4.82. The number of methoxy groups -OCH3 is 2. The Morgan fingerprint density at radius 2 is 1.73 bits per heavy atom. The van der Waals surface area contributed by atoms with Gasteiger partial charge in [-0.1, -0.05) is 12.1 Å². The van der Waals surface area contributed by atoms with Crippen molar-refractivity contribution in [2.24, 2.45) is 0 Å². The van der Waals surface area contributed by atoms with Gasteiger partial charge >= 0.3 is 0 Å². The number of carbonyl (C=O) groups excluding carboxylic acids is 1. The Morgan fingerprint density at radius 3 is 2.38 bits per heavy atom. The number of piperazine rings is 1. The molecule has 0 radical (unpaired) electrons. The molecule has 2 aromatic carbocycles. The topological polar surface area (TPSA) is 42.0 Å². The zero-order valence-corrected chi connectivity index (χ0v) is 15.2. The average Bonchev–Trinajstić information content (AvgIpc) is 2.68. The van der Waals surface area contributed by atoms with Crippen LogP contribution in [0.2, 0.25) is 0 Å². The molecule has 1 fully saturated rings. The third kappa shape index (κ3) is 3.65. The number of rotatable bonds is 4. The number of ether oxygens (including phenoxy) is 2. The minimum absolute atomic E-state index is 0.0356. The minimum Gasteiger partial charge on any atom is -0.493 e. The molecule has 1 atom stereocenters.